The highest BCUT2D eigenvalue weighted by atomic mass is 16.3. The Morgan fingerprint density at radius 1 is 1.33 bits per heavy atom. The van der Waals surface area contributed by atoms with Crippen LogP contribution in [0.1, 0.15) is 18.9 Å². The van der Waals surface area contributed by atoms with Crippen molar-refractivity contribution in [2.24, 2.45) is 5.92 Å². The summed E-state index contributed by atoms with van der Waals surface area (Å²) >= 11 is 0. The molecule has 1 aromatic carbocycles. The van der Waals surface area contributed by atoms with E-state index in [1.807, 2.05) is 31.3 Å². The number of aromatic amines is 1. The molecule has 0 radical (unpaired) electrons. The molecule has 4 N–H and O–H groups in total. The Hall–Kier alpha value is -2.01. The van der Waals surface area contributed by atoms with Gasteiger partial charge in [-0.05, 0) is 30.4 Å². The van der Waals surface area contributed by atoms with Crippen LogP contribution in [-0.4, -0.2) is 35.8 Å². The van der Waals surface area contributed by atoms with Gasteiger partial charge in [-0.2, -0.15) is 0 Å². The molecule has 0 fully saturated rings. The van der Waals surface area contributed by atoms with Crippen molar-refractivity contribution in [2.75, 3.05) is 19.7 Å². The second-order valence-electron chi connectivity index (χ2n) is 5.36. The van der Waals surface area contributed by atoms with E-state index >= 15 is 0 Å². The van der Waals surface area contributed by atoms with Gasteiger partial charge in [0.15, 0.2) is 0 Å². The molecular weight excluding hydrogens is 266 g/mol. The Morgan fingerprint density at radius 3 is 2.95 bits per heavy atom. The quantitative estimate of drug-likeness (QED) is 0.629. The van der Waals surface area contributed by atoms with Crippen LogP contribution < -0.4 is 10.6 Å². The van der Waals surface area contributed by atoms with E-state index in [9.17, 15) is 4.79 Å². The molecule has 114 valence electrons. The van der Waals surface area contributed by atoms with E-state index in [2.05, 4.69) is 21.7 Å². The van der Waals surface area contributed by atoms with Gasteiger partial charge in [-0.1, -0.05) is 25.1 Å². The molecule has 2 amide bonds. The number of urea groups is 1. The van der Waals surface area contributed by atoms with Gasteiger partial charge in [0.05, 0.1) is 0 Å². The molecule has 0 saturated carbocycles. The van der Waals surface area contributed by atoms with Crippen LogP contribution in [0.2, 0.25) is 0 Å². The van der Waals surface area contributed by atoms with E-state index in [0.717, 1.165) is 11.9 Å². The molecule has 21 heavy (non-hydrogen) atoms. The maximum atomic E-state index is 11.7. The van der Waals surface area contributed by atoms with Crippen molar-refractivity contribution in [3.05, 3.63) is 36.0 Å². The molecule has 0 saturated heterocycles. The first-order valence-electron chi connectivity index (χ1n) is 7.38. The Kier molecular flexibility index (Phi) is 5.63. The Bertz CT molecular complexity index is 580. The molecule has 1 aromatic heterocycles. The largest absolute Gasteiger partial charge is 0.396 e. The van der Waals surface area contributed by atoms with Crippen molar-refractivity contribution in [3.63, 3.8) is 0 Å². The van der Waals surface area contributed by atoms with E-state index in [1.165, 1.54) is 10.9 Å². The van der Waals surface area contributed by atoms with Crippen LogP contribution in [0, 0.1) is 5.92 Å². The predicted molar refractivity (Wildman–Crippen MR) is 84.3 cm³/mol. The Balaban J connectivity index is 1.73. The summed E-state index contributed by atoms with van der Waals surface area (Å²) in [5.41, 5.74) is 2.33. The van der Waals surface area contributed by atoms with Crippen molar-refractivity contribution in [1.82, 2.24) is 15.6 Å². The Morgan fingerprint density at radius 2 is 2.14 bits per heavy atom. The Labute approximate surface area is 124 Å². The summed E-state index contributed by atoms with van der Waals surface area (Å²) in [5, 5.41) is 15.7. The summed E-state index contributed by atoms with van der Waals surface area (Å²) < 4.78 is 0. The highest BCUT2D eigenvalue weighted by Gasteiger charge is 2.06. The molecule has 0 aliphatic heterocycles. The zero-order chi connectivity index (χ0) is 15.1. The number of carbonyl (C=O) groups excluding carboxylic acids is 1. The number of benzene rings is 1. The fraction of sp³-hybridized carbons (Fsp3) is 0.438. The first-order chi connectivity index (χ1) is 10.2. The van der Waals surface area contributed by atoms with Crippen LogP contribution in [-0.2, 0) is 6.42 Å². The summed E-state index contributed by atoms with van der Waals surface area (Å²) in [6, 6.07) is 7.99. The fourth-order valence-corrected chi connectivity index (χ4v) is 2.30. The van der Waals surface area contributed by atoms with E-state index in [-0.39, 0.29) is 18.6 Å². The number of hydrogen-bond donors (Lipinski definition) is 4. The zero-order valence-electron chi connectivity index (χ0n) is 12.4. The van der Waals surface area contributed by atoms with Crippen LogP contribution in [0.5, 0.6) is 0 Å². The molecule has 0 bridgehead atoms. The minimum atomic E-state index is -0.153. The monoisotopic (exact) mass is 289 g/mol. The molecule has 0 spiro atoms. The third kappa shape index (κ3) is 4.49. The van der Waals surface area contributed by atoms with Crippen molar-refractivity contribution < 1.29 is 9.90 Å². The van der Waals surface area contributed by atoms with E-state index in [4.69, 9.17) is 5.11 Å². The normalized spacial score (nSPS) is 12.3. The summed E-state index contributed by atoms with van der Waals surface area (Å²) in [5.74, 6) is 0.286. The number of H-pyrrole nitrogens is 1. The standard InChI is InChI=1S/C16H23N3O2/c1-12(7-9-20)10-19-16(21)17-8-6-13-11-18-15-5-3-2-4-14(13)15/h2-5,11-12,18,20H,6-10H2,1H3,(H2,17,19,21). The predicted octanol–water partition coefficient (Wildman–Crippen LogP) is 2.03. The number of amides is 2. The number of aromatic nitrogens is 1. The van der Waals surface area contributed by atoms with Gasteiger partial charge in [-0.15, -0.1) is 0 Å². The van der Waals surface area contributed by atoms with Gasteiger partial charge >= 0.3 is 6.03 Å². The number of aliphatic hydroxyl groups excluding tert-OH is 1. The highest BCUT2D eigenvalue weighted by molar-refractivity contribution is 5.83. The first kappa shape index (κ1) is 15.4. The van der Waals surface area contributed by atoms with E-state index in [1.54, 1.807) is 0 Å². The molecule has 5 nitrogen and oxygen atoms in total. The molecule has 1 heterocycles. The van der Waals surface area contributed by atoms with Crippen LogP contribution >= 0.6 is 0 Å². The molecule has 1 unspecified atom stereocenters. The number of carbonyl (C=O) groups is 1. The fourth-order valence-electron chi connectivity index (χ4n) is 2.30. The number of rotatable bonds is 7. The molecule has 1 atom stereocenters. The smallest absolute Gasteiger partial charge is 0.314 e. The van der Waals surface area contributed by atoms with Crippen LogP contribution in [0.4, 0.5) is 4.79 Å². The molecular formula is C16H23N3O2. The third-order valence-electron chi connectivity index (χ3n) is 3.59. The SMILES string of the molecule is CC(CCO)CNC(=O)NCCc1c[nH]c2ccccc12. The van der Waals surface area contributed by atoms with E-state index in [0.29, 0.717) is 19.5 Å². The summed E-state index contributed by atoms with van der Waals surface area (Å²) in [4.78, 5) is 14.9. The average Bonchev–Trinajstić information content (AvgIpc) is 2.89. The van der Waals surface area contributed by atoms with E-state index < -0.39 is 0 Å². The lowest BCUT2D eigenvalue weighted by Gasteiger charge is -2.11. The number of para-hydroxylation sites is 1. The van der Waals surface area contributed by atoms with Gasteiger partial charge in [-0.3, -0.25) is 0 Å². The topological polar surface area (TPSA) is 77.2 Å². The minimum absolute atomic E-state index is 0.153. The van der Waals surface area contributed by atoms with Gasteiger partial charge < -0.3 is 20.7 Å². The number of aliphatic hydroxyl groups is 1. The maximum absolute atomic E-state index is 11.7. The second kappa shape index (κ2) is 7.69. The number of fused-ring (bicyclic) bond motifs is 1. The lowest BCUT2D eigenvalue weighted by atomic mass is 10.1. The van der Waals surface area contributed by atoms with Crippen molar-refractivity contribution in [2.45, 2.75) is 19.8 Å². The van der Waals surface area contributed by atoms with Crippen LogP contribution in [0.15, 0.2) is 30.5 Å². The molecule has 0 aliphatic rings. The van der Waals surface area contributed by atoms with Crippen molar-refractivity contribution in [1.29, 1.82) is 0 Å². The minimum Gasteiger partial charge on any atom is -0.396 e. The first-order valence-corrected chi connectivity index (χ1v) is 7.38. The lowest BCUT2D eigenvalue weighted by molar-refractivity contribution is 0.234. The number of nitrogens with one attached hydrogen (secondary N) is 3. The average molecular weight is 289 g/mol. The lowest BCUT2D eigenvalue weighted by Crippen LogP contribution is -2.38. The van der Waals surface area contributed by atoms with Gasteiger partial charge in [0, 0.05) is 36.8 Å². The molecule has 2 aromatic rings. The highest BCUT2D eigenvalue weighted by Crippen LogP contribution is 2.17. The third-order valence-corrected chi connectivity index (χ3v) is 3.59. The summed E-state index contributed by atoms with van der Waals surface area (Å²) in [6.45, 7) is 3.34. The van der Waals surface area contributed by atoms with Crippen LogP contribution in [0.25, 0.3) is 10.9 Å². The molecule has 5 heteroatoms. The summed E-state index contributed by atoms with van der Waals surface area (Å²) in [6.07, 6.45) is 3.49. The number of hydrogen-bond acceptors (Lipinski definition) is 2. The molecule has 0 aliphatic carbocycles. The van der Waals surface area contributed by atoms with Crippen molar-refractivity contribution >= 4 is 16.9 Å². The van der Waals surface area contributed by atoms with Gasteiger partial charge in [-0.25, -0.2) is 4.79 Å². The maximum Gasteiger partial charge on any atom is 0.314 e. The second-order valence-corrected chi connectivity index (χ2v) is 5.36. The summed E-state index contributed by atoms with van der Waals surface area (Å²) in [7, 11) is 0. The zero-order valence-corrected chi connectivity index (χ0v) is 12.4. The van der Waals surface area contributed by atoms with Gasteiger partial charge in [0.2, 0.25) is 0 Å². The van der Waals surface area contributed by atoms with Crippen molar-refractivity contribution in [3.8, 4) is 0 Å². The van der Waals surface area contributed by atoms with Crippen LogP contribution in [0.3, 0.4) is 0 Å². The van der Waals surface area contributed by atoms with Gasteiger partial charge in [0.1, 0.15) is 0 Å². The molecule has 2 rings (SSSR count). The van der Waals surface area contributed by atoms with Gasteiger partial charge in [0.25, 0.3) is 0 Å².